The third-order valence-corrected chi connectivity index (χ3v) is 2.50. The monoisotopic (exact) mass is 239 g/mol. The summed E-state index contributed by atoms with van der Waals surface area (Å²) in [7, 11) is 0. The summed E-state index contributed by atoms with van der Waals surface area (Å²) in [4.78, 5) is 0. The summed E-state index contributed by atoms with van der Waals surface area (Å²) in [6.07, 6.45) is 1.32. The van der Waals surface area contributed by atoms with Crippen molar-refractivity contribution in [3.05, 3.63) is 30.1 Å². The summed E-state index contributed by atoms with van der Waals surface area (Å²) in [6, 6.07) is 6.67. The molecule has 1 rings (SSSR count). The summed E-state index contributed by atoms with van der Waals surface area (Å²) in [5.41, 5.74) is 0.535. The Labute approximate surface area is 103 Å². The number of anilines is 1. The Morgan fingerprint density at radius 3 is 2.59 bits per heavy atom. The highest BCUT2D eigenvalue weighted by molar-refractivity contribution is 5.44. The molecule has 0 radical (unpaired) electrons. The van der Waals surface area contributed by atoms with Crippen LogP contribution in [-0.2, 0) is 4.74 Å². The first-order valence-electron chi connectivity index (χ1n) is 6.19. The second-order valence-electron chi connectivity index (χ2n) is 4.72. The van der Waals surface area contributed by atoms with Crippen LogP contribution < -0.4 is 5.32 Å². The third kappa shape index (κ3) is 5.68. The van der Waals surface area contributed by atoms with Gasteiger partial charge in [-0.1, -0.05) is 26.0 Å². The molecule has 0 aromatic heterocycles. The predicted molar refractivity (Wildman–Crippen MR) is 69.8 cm³/mol. The normalized spacial score (nSPS) is 12.8. The number of rotatable bonds is 7. The first kappa shape index (κ1) is 14.0. The van der Waals surface area contributed by atoms with Crippen LogP contribution in [0, 0.1) is 11.7 Å². The molecule has 17 heavy (non-hydrogen) atoms. The largest absolute Gasteiger partial charge is 0.380 e. The van der Waals surface area contributed by atoms with Gasteiger partial charge < -0.3 is 10.1 Å². The van der Waals surface area contributed by atoms with E-state index < -0.39 is 0 Å². The lowest BCUT2D eigenvalue weighted by atomic mass is 10.1. The van der Waals surface area contributed by atoms with Gasteiger partial charge in [-0.05, 0) is 31.4 Å². The lowest BCUT2D eigenvalue weighted by molar-refractivity contribution is 0.0591. The Balaban J connectivity index is 2.18. The number of benzene rings is 1. The first-order chi connectivity index (χ1) is 8.09. The summed E-state index contributed by atoms with van der Waals surface area (Å²) in [6.45, 7) is 7.66. The van der Waals surface area contributed by atoms with Gasteiger partial charge in [-0.2, -0.15) is 0 Å². The molecule has 1 N–H and O–H groups in total. The molecule has 0 amide bonds. The summed E-state index contributed by atoms with van der Waals surface area (Å²) in [5, 5.41) is 3.02. The molecule has 1 aromatic rings. The van der Waals surface area contributed by atoms with E-state index in [0.717, 1.165) is 6.42 Å². The Hall–Kier alpha value is -1.09. The molecule has 0 heterocycles. The Kier molecular flexibility index (Phi) is 5.98. The van der Waals surface area contributed by atoms with E-state index in [4.69, 9.17) is 4.74 Å². The van der Waals surface area contributed by atoms with Gasteiger partial charge in [0.25, 0.3) is 0 Å². The van der Waals surface area contributed by atoms with Crippen molar-refractivity contribution in [2.75, 3.05) is 18.5 Å². The topological polar surface area (TPSA) is 21.3 Å². The molecular weight excluding hydrogens is 217 g/mol. The number of halogens is 1. The van der Waals surface area contributed by atoms with E-state index in [-0.39, 0.29) is 11.9 Å². The molecule has 0 bridgehead atoms. The van der Waals surface area contributed by atoms with Crippen molar-refractivity contribution in [1.29, 1.82) is 0 Å². The molecular formula is C14H22FNO. The summed E-state index contributed by atoms with van der Waals surface area (Å²) < 4.78 is 18.9. The van der Waals surface area contributed by atoms with E-state index in [9.17, 15) is 4.39 Å². The standard InChI is InChI=1S/C14H22FNO/c1-11(2)10-12(3)17-9-8-16-14-7-5-4-6-13(14)15/h4-7,11-12,16H,8-10H2,1-3H3. The minimum Gasteiger partial charge on any atom is -0.380 e. The van der Waals surface area contributed by atoms with Crippen LogP contribution in [0.15, 0.2) is 24.3 Å². The molecule has 1 aromatic carbocycles. The van der Waals surface area contributed by atoms with Crippen molar-refractivity contribution >= 4 is 5.69 Å². The van der Waals surface area contributed by atoms with Crippen molar-refractivity contribution in [2.24, 2.45) is 5.92 Å². The minimum absolute atomic E-state index is 0.220. The Morgan fingerprint density at radius 1 is 1.24 bits per heavy atom. The highest BCUT2D eigenvalue weighted by Gasteiger charge is 2.05. The predicted octanol–water partition coefficient (Wildman–Crippen LogP) is 3.69. The molecule has 2 nitrogen and oxygen atoms in total. The van der Waals surface area contributed by atoms with Crippen molar-refractivity contribution in [3.8, 4) is 0 Å². The quantitative estimate of drug-likeness (QED) is 0.733. The van der Waals surface area contributed by atoms with Gasteiger partial charge in [0.15, 0.2) is 0 Å². The van der Waals surface area contributed by atoms with Crippen LogP contribution in [0.2, 0.25) is 0 Å². The van der Waals surface area contributed by atoms with E-state index >= 15 is 0 Å². The maximum absolute atomic E-state index is 13.2. The Bertz CT molecular complexity index is 328. The van der Waals surface area contributed by atoms with Crippen LogP contribution in [0.25, 0.3) is 0 Å². The smallest absolute Gasteiger partial charge is 0.146 e. The maximum atomic E-state index is 13.2. The van der Waals surface area contributed by atoms with Crippen LogP contribution in [-0.4, -0.2) is 19.3 Å². The van der Waals surface area contributed by atoms with Gasteiger partial charge >= 0.3 is 0 Å². The fraction of sp³-hybridized carbons (Fsp3) is 0.571. The average molecular weight is 239 g/mol. The number of nitrogens with one attached hydrogen (secondary N) is 1. The van der Waals surface area contributed by atoms with Crippen molar-refractivity contribution in [2.45, 2.75) is 33.3 Å². The maximum Gasteiger partial charge on any atom is 0.146 e. The van der Waals surface area contributed by atoms with Gasteiger partial charge in [0, 0.05) is 6.54 Å². The average Bonchev–Trinajstić information content (AvgIpc) is 2.25. The third-order valence-electron chi connectivity index (χ3n) is 2.50. The molecule has 1 unspecified atom stereocenters. The van der Waals surface area contributed by atoms with Gasteiger partial charge in [-0.3, -0.25) is 0 Å². The summed E-state index contributed by atoms with van der Waals surface area (Å²) in [5.74, 6) is 0.423. The molecule has 0 fully saturated rings. The van der Waals surface area contributed by atoms with Crippen molar-refractivity contribution in [3.63, 3.8) is 0 Å². The van der Waals surface area contributed by atoms with Crippen molar-refractivity contribution < 1.29 is 9.13 Å². The lowest BCUT2D eigenvalue weighted by Crippen LogP contribution is -2.17. The van der Waals surface area contributed by atoms with Crippen molar-refractivity contribution in [1.82, 2.24) is 0 Å². The Morgan fingerprint density at radius 2 is 1.94 bits per heavy atom. The van der Waals surface area contributed by atoms with Gasteiger partial charge in [0.2, 0.25) is 0 Å². The number of hydrogen-bond acceptors (Lipinski definition) is 2. The second-order valence-corrected chi connectivity index (χ2v) is 4.72. The highest BCUT2D eigenvalue weighted by atomic mass is 19.1. The van der Waals surface area contributed by atoms with Gasteiger partial charge in [-0.25, -0.2) is 4.39 Å². The number of para-hydroxylation sites is 1. The van der Waals surface area contributed by atoms with Crippen LogP contribution in [0.4, 0.5) is 10.1 Å². The van der Waals surface area contributed by atoms with Crippen LogP contribution in [0.1, 0.15) is 27.2 Å². The zero-order valence-corrected chi connectivity index (χ0v) is 10.9. The zero-order chi connectivity index (χ0) is 12.7. The lowest BCUT2D eigenvalue weighted by Gasteiger charge is -2.15. The molecule has 1 atom stereocenters. The molecule has 96 valence electrons. The molecule has 0 aliphatic carbocycles. The first-order valence-corrected chi connectivity index (χ1v) is 6.19. The number of ether oxygens (including phenoxy) is 1. The van der Waals surface area contributed by atoms with E-state index in [1.807, 2.05) is 6.07 Å². The fourth-order valence-electron chi connectivity index (χ4n) is 1.78. The van der Waals surface area contributed by atoms with Gasteiger partial charge in [0.1, 0.15) is 5.82 Å². The van der Waals surface area contributed by atoms with Gasteiger partial charge in [0.05, 0.1) is 18.4 Å². The van der Waals surface area contributed by atoms with Crippen LogP contribution in [0.3, 0.4) is 0 Å². The minimum atomic E-state index is -0.220. The van der Waals surface area contributed by atoms with E-state index in [1.165, 1.54) is 6.07 Å². The van der Waals surface area contributed by atoms with E-state index in [1.54, 1.807) is 12.1 Å². The van der Waals surface area contributed by atoms with Crippen LogP contribution >= 0.6 is 0 Å². The van der Waals surface area contributed by atoms with E-state index in [2.05, 4.69) is 26.1 Å². The second kappa shape index (κ2) is 7.28. The molecule has 0 aliphatic heterocycles. The van der Waals surface area contributed by atoms with Crippen LogP contribution in [0.5, 0.6) is 0 Å². The molecule has 0 aliphatic rings. The highest BCUT2D eigenvalue weighted by Crippen LogP contribution is 2.12. The van der Waals surface area contributed by atoms with Gasteiger partial charge in [-0.15, -0.1) is 0 Å². The SMILES string of the molecule is CC(C)CC(C)OCCNc1ccccc1F. The fourth-order valence-corrected chi connectivity index (χ4v) is 1.78. The molecule has 0 saturated heterocycles. The van der Waals surface area contributed by atoms with E-state index in [0.29, 0.717) is 24.8 Å². The summed E-state index contributed by atoms with van der Waals surface area (Å²) >= 11 is 0. The molecule has 0 spiro atoms. The molecule has 0 saturated carbocycles. The zero-order valence-electron chi connectivity index (χ0n) is 10.9. The number of hydrogen-bond donors (Lipinski definition) is 1. The molecule has 3 heteroatoms.